The molecule has 0 bridgehead atoms. The predicted molar refractivity (Wildman–Crippen MR) is 144 cm³/mol. The number of hydrogen-bond acceptors (Lipinski definition) is 2. The number of amides is 2. The first-order chi connectivity index (χ1) is 16.7. The van der Waals surface area contributed by atoms with Crippen molar-refractivity contribution in [2.24, 2.45) is 5.92 Å². The fourth-order valence-electron chi connectivity index (χ4n) is 3.69. The number of nitrogens with zero attached hydrogens (tertiary/aromatic N) is 1. The second kappa shape index (κ2) is 13.0. The van der Waals surface area contributed by atoms with E-state index < -0.39 is 6.04 Å². The minimum Gasteiger partial charge on any atom is -0.354 e. The molecule has 4 nitrogen and oxygen atoms in total. The third-order valence-corrected chi connectivity index (χ3v) is 6.55. The van der Waals surface area contributed by atoms with Crippen LogP contribution in [0.4, 0.5) is 0 Å². The largest absolute Gasteiger partial charge is 0.354 e. The summed E-state index contributed by atoms with van der Waals surface area (Å²) in [6.45, 7) is 4.81. The molecule has 0 radical (unpaired) electrons. The zero-order chi connectivity index (χ0) is 25.4. The number of halogens is 3. The van der Waals surface area contributed by atoms with Crippen LogP contribution >= 0.6 is 34.8 Å². The molecule has 0 heterocycles. The quantitative estimate of drug-likeness (QED) is 0.320. The molecule has 184 valence electrons. The van der Waals surface area contributed by atoms with Crippen LogP contribution < -0.4 is 5.32 Å². The first-order valence-electron chi connectivity index (χ1n) is 11.5. The Labute approximate surface area is 222 Å². The van der Waals surface area contributed by atoms with Crippen molar-refractivity contribution in [3.63, 3.8) is 0 Å². The van der Waals surface area contributed by atoms with Crippen molar-refractivity contribution in [2.45, 2.75) is 39.3 Å². The Bertz CT molecular complexity index is 1130. The van der Waals surface area contributed by atoms with E-state index in [0.717, 1.165) is 16.7 Å². The van der Waals surface area contributed by atoms with Crippen LogP contribution in [0.15, 0.2) is 72.8 Å². The van der Waals surface area contributed by atoms with Crippen LogP contribution in [0, 0.1) is 5.92 Å². The maximum Gasteiger partial charge on any atom is 0.243 e. The lowest BCUT2D eigenvalue weighted by molar-refractivity contribution is -0.140. The van der Waals surface area contributed by atoms with E-state index in [9.17, 15) is 9.59 Å². The number of nitrogens with one attached hydrogen (secondary N) is 1. The molecule has 3 rings (SSSR count). The second-order valence-electron chi connectivity index (χ2n) is 8.92. The number of carbonyl (C=O) groups is 2. The van der Waals surface area contributed by atoms with Crippen molar-refractivity contribution in [1.29, 1.82) is 0 Å². The summed E-state index contributed by atoms with van der Waals surface area (Å²) in [4.78, 5) is 28.8. The molecule has 3 aromatic carbocycles. The summed E-state index contributed by atoms with van der Waals surface area (Å²) in [5.74, 6) is -0.0734. The molecule has 0 aromatic heterocycles. The van der Waals surface area contributed by atoms with E-state index >= 15 is 0 Å². The topological polar surface area (TPSA) is 49.4 Å². The van der Waals surface area contributed by atoms with E-state index in [0.29, 0.717) is 28.0 Å². The molecule has 0 aliphatic heterocycles. The van der Waals surface area contributed by atoms with Gasteiger partial charge in [-0.05, 0) is 46.9 Å². The van der Waals surface area contributed by atoms with E-state index in [2.05, 4.69) is 5.32 Å². The summed E-state index contributed by atoms with van der Waals surface area (Å²) in [7, 11) is 0. The lowest BCUT2D eigenvalue weighted by atomic mass is 10.0. The highest BCUT2D eigenvalue weighted by atomic mass is 35.5. The Balaban J connectivity index is 1.96. The zero-order valence-electron chi connectivity index (χ0n) is 19.8. The van der Waals surface area contributed by atoms with Gasteiger partial charge in [0, 0.05) is 24.5 Å². The number of hydrogen-bond donors (Lipinski definition) is 1. The molecular weight excluding hydrogens is 503 g/mol. The minimum atomic E-state index is -0.703. The predicted octanol–water partition coefficient (Wildman–Crippen LogP) is 6.60. The lowest BCUT2D eigenvalue weighted by Gasteiger charge is -2.32. The van der Waals surface area contributed by atoms with E-state index in [1.54, 1.807) is 29.2 Å². The molecule has 2 amide bonds. The summed E-state index contributed by atoms with van der Waals surface area (Å²) < 4.78 is 0. The van der Waals surface area contributed by atoms with Gasteiger partial charge in [-0.1, -0.05) is 97.2 Å². The third kappa shape index (κ3) is 8.28. The molecule has 0 saturated carbocycles. The van der Waals surface area contributed by atoms with Crippen LogP contribution in [0.3, 0.4) is 0 Å². The Hall–Kier alpha value is -2.53. The van der Waals surface area contributed by atoms with Crippen molar-refractivity contribution < 1.29 is 9.59 Å². The van der Waals surface area contributed by atoms with Crippen LogP contribution in [0.1, 0.15) is 30.5 Å². The van der Waals surface area contributed by atoms with Crippen molar-refractivity contribution >= 4 is 46.6 Å². The van der Waals surface area contributed by atoms with Gasteiger partial charge in [-0.15, -0.1) is 0 Å². The normalized spacial score (nSPS) is 11.8. The molecular formula is C28H29Cl3N2O2. The van der Waals surface area contributed by atoms with Gasteiger partial charge in [-0.2, -0.15) is 0 Å². The molecule has 0 aliphatic rings. The van der Waals surface area contributed by atoms with Gasteiger partial charge in [0.05, 0.1) is 16.5 Å². The molecule has 35 heavy (non-hydrogen) atoms. The standard InChI is InChI=1S/C28H29Cl3N2O2/c1-19(2)17-32-28(35)26(15-20-6-4-3-5-7-20)33(18-22-10-13-24(30)25(31)14-22)27(34)16-21-8-11-23(29)12-9-21/h3-14,19,26H,15-18H2,1-2H3,(H,32,35)/t26-/m1/s1. The summed E-state index contributed by atoms with van der Waals surface area (Å²) >= 11 is 18.4. The highest BCUT2D eigenvalue weighted by molar-refractivity contribution is 6.42. The summed E-state index contributed by atoms with van der Waals surface area (Å²) in [6, 6.07) is 21.4. The zero-order valence-corrected chi connectivity index (χ0v) is 22.1. The maximum absolute atomic E-state index is 13.7. The van der Waals surface area contributed by atoms with Gasteiger partial charge in [0.1, 0.15) is 6.04 Å². The summed E-state index contributed by atoms with van der Waals surface area (Å²) in [6.07, 6.45) is 0.527. The molecule has 1 N–H and O–H groups in total. The summed E-state index contributed by atoms with van der Waals surface area (Å²) in [5, 5.41) is 4.45. The molecule has 1 atom stereocenters. The van der Waals surface area contributed by atoms with Crippen molar-refractivity contribution in [1.82, 2.24) is 10.2 Å². The summed E-state index contributed by atoms with van der Waals surface area (Å²) in [5.41, 5.74) is 2.58. The highest BCUT2D eigenvalue weighted by Crippen LogP contribution is 2.25. The lowest BCUT2D eigenvalue weighted by Crippen LogP contribution is -2.51. The van der Waals surface area contributed by atoms with Gasteiger partial charge in [-0.3, -0.25) is 9.59 Å². The molecule has 3 aromatic rings. The van der Waals surface area contributed by atoms with Gasteiger partial charge in [0.2, 0.25) is 11.8 Å². The van der Waals surface area contributed by atoms with Crippen LogP contribution in [0.5, 0.6) is 0 Å². The Kier molecular flexibility index (Phi) is 10.0. The second-order valence-corrected chi connectivity index (χ2v) is 10.2. The average molecular weight is 532 g/mol. The highest BCUT2D eigenvalue weighted by Gasteiger charge is 2.30. The van der Waals surface area contributed by atoms with Crippen molar-refractivity contribution in [3.05, 3.63) is 105 Å². The number of rotatable bonds is 10. The first kappa shape index (κ1) is 27.1. The third-order valence-electron chi connectivity index (χ3n) is 5.56. The Morgan fingerprint density at radius 3 is 2.11 bits per heavy atom. The molecule has 0 aliphatic carbocycles. The van der Waals surface area contributed by atoms with Crippen molar-refractivity contribution in [2.75, 3.05) is 6.54 Å². The molecule has 7 heteroatoms. The smallest absolute Gasteiger partial charge is 0.243 e. The number of benzene rings is 3. The van der Waals surface area contributed by atoms with E-state index in [1.165, 1.54) is 0 Å². The van der Waals surface area contributed by atoms with E-state index in [1.807, 2.05) is 62.4 Å². The average Bonchev–Trinajstić information content (AvgIpc) is 2.84. The van der Waals surface area contributed by atoms with Gasteiger partial charge >= 0.3 is 0 Å². The van der Waals surface area contributed by atoms with E-state index in [4.69, 9.17) is 34.8 Å². The van der Waals surface area contributed by atoms with Crippen molar-refractivity contribution in [3.8, 4) is 0 Å². The first-order valence-corrected chi connectivity index (χ1v) is 12.7. The molecule has 0 fully saturated rings. The van der Waals surface area contributed by atoms with Crippen LogP contribution in [0.2, 0.25) is 15.1 Å². The molecule has 0 unspecified atom stereocenters. The molecule has 0 saturated heterocycles. The Morgan fingerprint density at radius 1 is 0.829 bits per heavy atom. The van der Waals surface area contributed by atoms with Crippen LogP contribution in [-0.4, -0.2) is 29.3 Å². The minimum absolute atomic E-state index is 0.140. The van der Waals surface area contributed by atoms with Crippen LogP contribution in [0.25, 0.3) is 0 Å². The van der Waals surface area contributed by atoms with Gasteiger partial charge < -0.3 is 10.2 Å². The monoisotopic (exact) mass is 530 g/mol. The van der Waals surface area contributed by atoms with E-state index in [-0.39, 0.29) is 30.7 Å². The fraction of sp³-hybridized carbons (Fsp3) is 0.286. The van der Waals surface area contributed by atoms with Crippen LogP contribution in [-0.2, 0) is 29.0 Å². The van der Waals surface area contributed by atoms with Gasteiger partial charge in [0.25, 0.3) is 0 Å². The SMILES string of the molecule is CC(C)CNC(=O)[C@@H](Cc1ccccc1)N(Cc1ccc(Cl)c(Cl)c1)C(=O)Cc1ccc(Cl)cc1. The number of carbonyl (C=O) groups excluding carboxylic acids is 2. The fourth-order valence-corrected chi connectivity index (χ4v) is 4.14. The maximum atomic E-state index is 13.7. The molecule has 0 spiro atoms. The Morgan fingerprint density at radius 2 is 1.49 bits per heavy atom. The van der Waals surface area contributed by atoms with Gasteiger partial charge in [-0.25, -0.2) is 0 Å². The van der Waals surface area contributed by atoms with Gasteiger partial charge in [0.15, 0.2) is 0 Å².